The molecule has 1 atom stereocenters. The molecule has 37 heteroatoms. The summed E-state index contributed by atoms with van der Waals surface area (Å²) >= 11 is 0.986. The number of fused-ring (bicyclic) bond motifs is 5. The molecule has 5 aliphatic heterocycles. The minimum absolute atomic E-state index is 0.0134. The van der Waals surface area contributed by atoms with E-state index in [1.165, 1.54) is 30.8 Å². The van der Waals surface area contributed by atoms with Crippen LogP contribution in [0.3, 0.4) is 0 Å². The molecule has 1 unspecified atom stereocenters. The number of benzene rings is 5. The number of carbonyl (C=O) groups is 7. The molecule has 0 spiro atoms. The van der Waals surface area contributed by atoms with E-state index in [-0.39, 0.29) is 66.2 Å². The number of aromatic amines is 1. The second kappa shape index (κ2) is 38.5. The number of pyridine rings is 5. The summed E-state index contributed by atoms with van der Waals surface area (Å²) in [6.07, 6.45) is 5.89. The van der Waals surface area contributed by atoms with Gasteiger partial charge in [0.05, 0.1) is 88.1 Å². The van der Waals surface area contributed by atoms with Gasteiger partial charge in [-0.05, 0) is 69.3 Å². The second-order valence-electron chi connectivity index (χ2n) is 30.0. The summed E-state index contributed by atoms with van der Waals surface area (Å²) in [5.41, 5.74) is 3.91. The van der Waals surface area contributed by atoms with Crippen LogP contribution >= 0.6 is 11.7 Å². The molecule has 12 aromatic rings. The number of hydrogen-bond acceptors (Lipinski definition) is 27. The topological polar surface area (TPSA) is 393 Å². The number of aromatic nitrogens is 9. The molecule has 5 aliphatic rings. The van der Waals surface area contributed by atoms with E-state index in [0.717, 1.165) is 68.1 Å². The van der Waals surface area contributed by atoms with Gasteiger partial charge in [0.25, 0.3) is 40.3 Å². The van der Waals surface area contributed by atoms with Crippen molar-refractivity contribution in [1.29, 1.82) is 0 Å². The maximum Gasteiger partial charge on any atom is 0.357 e. The molecule has 5 aromatic carbocycles. The molecule has 5 saturated heterocycles. The Hall–Kier alpha value is -14.2. The molecule has 36 nitrogen and oxygen atoms in total. The van der Waals surface area contributed by atoms with E-state index in [1.54, 1.807) is 106 Å². The highest BCUT2D eigenvalue weighted by Gasteiger charge is 2.38. The number of amides is 4. The lowest BCUT2D eigenvalue weighted by Crippen LogP contribution is -2.51. The monoisotopic (exact) mass is 1720 g/mol. The number of nitrogens with zero attached hydrogens (tertiary/aromatic N) is 17. The molecule has 0 saturated carbocycles. The van der Waals surface area contributed by atoms with E-state index >= 15 is 0 Å². The van der Waals surface area contributed by atoms with Crippen LogP contribution in [-0.2, 0) is 51.9 Å². The van der Waals surface area contributed by atoms with Gasteiger partial charge in [0, 0.05) is 180 Å². The zero-order valence-electron chi connectivity index (χ0n) is 70.4. The Labute approximate surface area is 719 Å². The van der Waals surface area contributed by atoms with Gasteiger partial charge >= 0.3 is 29.2 Å². The number of esters is 3. The molecular formula is C88H95N19O17S. The predicted molar refractivity (Wildman–Crippen MR) is 473 cm³/mol. The first-order valence-corrected chi connectivity index (χ1v) is 42.0. The number of nitrogens with one attached hydrogen (secondary N) is 2. The number of anilines is 5. The number of para-hydroxylation sites is 4. The lowest BCUT2D eigenvalue weighted by Gasteiger charge is -2.37. The molecule has 0 radical (unpaired) electrons. The largest absolute Gasteiger partial charge is 0.462 e. The van der Waals surface area contributed by atoms with Crippen molar-refractivity contribution in [2.75, 3.05) is 163 Å². The van der Waals surface area contributed by atoms with Crippen molar-refractivity contribution in [1.82, 2.24) is 61.6 Å². The highest BCUT2D eigenvalue weighted by molar-refractivity contribution is 6.99. The summed E-state index contributed by atoms with van der Waals surface area (Å²) in [7, 11) is 8.20. The quantitative estimate of drug-likeness (QED) is 0.0410. The first-order chi connectivity index (χ1) is 60.5. The zero-order valence-corrected chi connectivity index (χ0v) is 71.3. The Balaban J connectivity index is 0.000000136. The molecule has 4 amide bonds. The van der Waals surface area contributed by atoms with Crippen molar-refractivity contribution in [3.63, 3.8) is 0 Å². The highest BCUT2D eigenvalue weighted by Crippen LogP contribution is 2.37. The van der Waals surface area contributed by atoms with Crippen LogP contribution in [0.5, 0.6) is 0 Å². The average Bonchev–Trinajstić information content (AvgIpc) is 1.61. The molecule has 7 aromatic heterocycles. The lowest BCUT2D eigenvalue weighted by molar-refractivity contribution is -0.385. The molecule has 125 heavy (non-hydrogen) atoms. The minimum Gasteiger partial charge on any atom is -0.462 e. The van der Waals surface area contributed by atoms with Crippen LogP contribution in [0.1, 0.15) is 96.2 Å². The molecule has 0 bridgehead atoms. The zero-order chi connectivity index (χ0) is 88.4. The highest BCUT2D eigenvalue weighted by atomic mass is 32.1. The number of H-pyrrole nitrogens is 1. The molecule has 17 rings (SSSR count). The maximum atomic E-state index is 13.3. The van der Waals surface area contributed by atoms with Gasteiger partial charge in [-0.2, -0.15) is 8.75 Å². The van der Waals surface area contributed by atoms with Crippen molar-refractivity contribution in [2.24, 2.45) is 28.2 Å². The number of piperazine rings is 4. The number of aryl methyl sites for hydroxylation is 4. The second-order valence-corrected chi connectivity index (χ2v) is 30.5. The molecule has 2 N–H and O–H groups in total. The summed E-state index contributed by atoms with van der Waals surface area (Å²) in [6.45, 7) is 13.5. The van der Waals surface area contributed by atoms with Gasteiger partial charge in [-0.15, -0.1) is 0 Å². The van der Waals surface area contributed by atoms with Crippen LogP contribution < -0.4 is 47.2 Å². The average molecular weight is 1720 g/mol. The third kappa shape index (κ3) is 17.5. The number of hydrogen-bond donors (Lipinski definition) is 2. The Morgan fingerprint density at radius 2 is 0.856 bits per heavy atom. The smallest absolute Gasteiger partial charge is 0.357 e. The van der Waals surface area contributed by atoms with Gasteiger partial charge in [-0.25, -0.2) is 19.4 Å². The molecular weight excluding hydrogens is 1630 g/mol. The van der Waals surface area contributed by atoms with Gasteiger partial charge in [-0.3, -0.25) is 53.5 Å². The summed E-state index contributed by atoms with van der Waals surface area (Å²) in [5, 5.41) is 19.4. The summed E-state index contributed by atoms with van der Waals surface area (Å²) < 4.78 is 35.1. The Kier molecular flexibility index (Phi) is 26.8. The summed E-state index contributed by atoms with van der Waals surface area (Å²) in [5.74, 6) is -1.89. The van der Waals surface area contributed by atoms with E-state index in [4.69, 9.17) is 18.9 Å². The molecule has 0 aliphatic carbocycles. The predicted octanol–water partition coefficient (Wildman–Crippen LogP) is 7.47. The van der Waals surface area contributed by atoms with Gasteiger partial charge in [0.15, 0.2) is 11.5 Å². The molecule has 12 heterocycles. The Morgan fingerprint density at radius 3 is 1.25 bits per heavy atom. The number of nitro groups is 1. The van der Waals surface area contributed by atoms with Crippen molar-refractivity contribution in [3.05, 3.63) is 231 Å². The van der Waals surface area contributed by atoms with Crippen molar-refractivity contribution >= 4 is 142 Å². The normalized spacial score (nSPS) is 15.3. The van der Waals surface area contributed by atoms with Crippen LogP contribution in [0.15, 0.2) is 165 Å². The molecule has 5 fully saturated rings. The van der Waals surface area contributed by atoms with Crippen molar-refractivity contribution in [2.45, 2.75) is 39.7 Å². The number of imidazole rings is 1. The van der Waals surface area contributed by atoms with Gasteiger partial charge < -0.3 is 86.7 Å². The van der Waals surface area contributed by atoms with Crippen molar-refractivity contribution in [3.8, 4) is 0 Å². The Morgan fingerprint density at radius 1 is 0.480 bits per heavy atom. The van der Waals surface area contributed by atoms with Crippen LogP contribution in [0.2, 0.25) is 0 Å². The first kappa shape index (κ1) is 87.1. The number of rotatable bonds is 16. The third-order valence-electron chi connectivity index (χ3n) is 23.0. The van der Waals surface area contributed by atoms with E-state index in [2.05, 4.69) is 29.0 Å². The van der Waals surface area contributed by atoms with Gasteiger partial charge in [0.2, 0.25) is 0 Å². The lowest BCUT2D eigenvalue weighted by atomic mass is 10.1. The van der Waals surface area contributed by atoms with Crippen LogP contribution in [0, 0.1) is 10.1 Å². The van der Waals surface area contributed by atoms with Gasteiger partial charge in [-0.1, -0.05) is 97.1 Å². The van der Waals surface area contributed by atoms with Gasteiger partial charge in [0.1, 0.15) is 39.9 Å². The van der Waals surface area contributed by atoms with Crippen LogP contribution in [0.25, 0.3) is 54.4 Å². The minimum atomic E-state index is -0.639. The Bertz CT molecular complexity index is 6380. The molecule has 650 valence electrons. The standard InChI is InChI=1S/C27H26N4O4.C21H24N6O4S.C21H23N5O4.C19H22N4O5/c1-3-35-27(34)22-24(20-10-6-7-11-21(20)29(2)25(22)32)30-14-16-31(17-15-30)26(33)23-19-9-5-4-8-18(19)12-13-28-23;1-4-31-21(30)15-17(13-7-5-6-8-14(13)25(3)19(15)28)26-9-11-27(12-10-26)20(29)16-18(22-2)24-32-23-16;1-3-30-21(29)17-18(14-6-4-5-7-16(14)24(2)20(17)28)25-8-10-26(11-9-25)19(27)15-12-22-13-23-15;1-20-14-6-3-2-5-13(14)16(17(19(20)25)23(26)27)21-8-10-22(11-9-21)18(24)15-7-4-12-28-15/h4-13H,3,14-17H2,1-2H3;5-8H,4,9-12H2,1-3H3,(H,22,24);4-7,12-13H,3,8-11H2,1-2H3,(H,22,23);2-3,5-6,15H,4,7-12H2,1H3. The maximum absolute atomic E-state index is 13.3. The summed E-state index contributed by atoms with van der Waals surface area (Å²) in [6, 6.07) is 39.3. The van der Waals surface area contributed by atoms with E-state index < -0.39 is 50.8 Å². The fourth-order valence-corrected chi connectivity index (χ4v) is 17.2. The fraction of sp³-hybridized carbons (Fsp3) is 0.352. The van der Waals surface area contributed by atoms with E-state index in [0.29, 0.717) is 168 Å². The van der Waals surface area contributed by atoms with Crippen LogP contribution in [-0.4, -0.2) is 252 Å². The third-order valence-corrected chi connectivity index (χ3v) is 23.5. The summed E-state index contributed by atoms with van der Waals surface area (Å²) in [4.78, 5) is 179. The SMILES string of the molecule is CCOC(=O)c1c(N2CCN(C(=O)c3cnc[nH]3)CC2)c2ccccc2n(C)c1=O.CCOC(=O)c1c(N2CCN(C(=O)c3nccc4ccccc34)CC2)c2ccccc2n(C)c1=O.CCOC(=O)c1c(N2CCN(C(=O)c3nsnc3NC)CC2)c2ccccc2n(C)c1=O.Cn1c(=O)c([N+](=O)[O-])c(N2CCN(C(=O)C3CCCO3)CC2)c2ccccc21. The first-order valence-electron chi connectivity index (χ1n) is 41.2. The number of carbonyl (C=O) groups excluding carboxylic acids is 7. The van der Waals surface area contributed by atoms with E-state index in [9.17, 15) is 62.9 Å². The number of ether oxygens (including phenoxy) is 4. The van der Waals surface area contributed by atoms with E-state index in [1.807, 2.05) is 123 Å². The van der Waals surface area contributed by atoms with Crippen LogP contribution in [0.4, 0.5) is 34.3 Å². The fourth-order valence-electron chi connectivity index (χ4n) is 16.7. The van der Waals surface area contributed by atoms with Crippen molar-refractivity contribution < 1.29 is 57.4 Å².